The minimum atomic E-state index is 0.815. The Morgan fingerprint density at radius 3 is 2.65 bits per heavy atom. The molecule has 0 fully saturated rings. The van der Waals surface area contributed by atoms with Gasteiger partial charge in [-0.2, -0.15) is 0 Å². The number of nitrogens with zero attached hydrogens (tertiary/aromatic N) is 1. The molecule has 3 heteroatoms. The second-order valence-corrected chi connectivity index (χ2v) is 5.26. The number of benzene rings is 2. The second-order valence-electron chi connectivity index (χ2n) is 4.85. The Morgan fingerprint density at radius 2 is 1.80 bits per heavy atom. The first-order valence-electron chi connectivity index (χ1n) is 6.82. The lowest BCUT2D eigenvalue weighted by molar-refractivity contribution is 0.609. The molecule has 0 aliphatic carbocycles. The van der Waals surface area contributed by atoms with Gasteiger partial charge in [-0.25, -0.2) is 0 Å². The van der Waals surface area contributed by atoms with Crippen molar-refractivity contribution in [3.63, 3.8) is 0 Å². The third-order valence-corrected chi connectivity index (χ3v) is 3.75. The summed E-state index contributed by atoms with van der Waals surface area (Å²) in [6, 6.07) is 18.6. The van der Waals surface area contributed by atoms with Crippen molar-refractivity contribution in [3.8, 4) is 0 Å². The smallest absolute Gasteiger partial charge is 0.0670 e. The molecule has 102 valence electrons. The predicted octanol–water partition coefficient (Wildman–Crippen LogP) is 4.08. The van der Waals surface area contributed by atoms with Crippen LogP contribution in [-0.2, 0) is 13.1 Å². The fourth-order valence-corrected chi connectivity index (χ4v) is 2.72. The SMILES string of the molecule is Clc1cccc2ccn(CCNCc3ccccc3)c12. The number of aromatic nitrogens is 1. The van der Waals surface area contributed by atoms with Crippen molar-refractivity contribution in [3.05, 3.63) is 71.4 Å². The zero-order valence-electron chi connectivity index (χ0n) is 11.2. The zero-order chi connectivity index (χ0) is 13.8. The summed E-state index contributed by atoms with van der Waals surface area (Å²) in [7, 11) is 0. The van der Waals surface area contributed by atoms with E-state index < -0.39 is 0 Å². The summed E-state index contributed by atoms with van der Waals surface area (Å²) in [4.78, 5) is 0. The van der Waals surface area contributed by atoms with E-state index in [1.807, 2.05) is 18.2 Å². The summed E-state index contributed by atoms with van der Waals surface area (Å²) in [6.45, 7) is 2.73. The van der Waals surface area contributed by atoms with E-state index in [0.717, 1.165) is 30.2 Å². The number of para-hydroxylation sites is 1. The van der Waals surface area contributed by atoms with E-state index in [2.05, 4.69) is 52.5 Å². The van der Waals surface area contributed by atoms with Gasteiger partial charge in [-0.05, 0) is 17.7 Å². The molecular weight excluding hydrogens is 268 g/mol. The zero-order valence-corrected chi connectivity index (χ0v) is 12.0. The lowest BCUT2D eigenvalue weighted by Crippen LogP contribution is -2.19. The minimum absolute atomic E-state index is 0.815. The number of fused-ring (bicyclic) bond motifs is 1. The van der Waals surface area contributed by atoms with E-state index in [4.69, 9.17) is 11.6 Å². The molecule has 0 saturated heterocycles. The molecule has 0 bridgehead atoms. The van der Waals surface area contributed by atoms with E-state index in [1.54, 1.807) is 0 Å². The van der Waals surface area contributed by atoms with E-state index >= 15 is 0 Å². The number of hydrogen-bond acceptors (Lipinski definition) is 1. The maximum absolute atomic E-state index is 6.27. The molecule has 0 spiro atoms. The maximum Gasteiger partial charge on any atom is 0.0670 e. The van der Waals surface area contributed by atoms with E-state index in [9.17, 15) is 0 Å². The topological polar surface area (TPSA) is 17.0 Å². The molecule has 3 rings (SSSR count). The van der Waals surface area contributed by atoms with E-state index in [-0.39, 0.29) is 0 Å². The quantitative estimate of drug-likeness (QED) is 0.699. The van der Waals surface area contributed by atoms with Crippen LogP contribution in [0, 0.1) is 0 Å². The van der Waals surface area contributed by atoms with Crippen LogP contribution in [0.1, 0.15) is 5.56 Å². The first-order chi connectivity index (χ1) is 9.84. The molecule has 0 radical (unpaired) electrons. The van der Waals surface area contributed by atoms with Gasteiger partial charge in [0.1, 0.15) is 0 Å². The molecule has 1 aromatic heterocycles. The highest BCUT2D eigenvalue weighted by Gasteiger charge is 2.04. The lowest BCUT2D eigenvalue weighted by Gasteiger charge is -2.08. The van der Waals surface area contributed by atoms with Crippen LogP contribution in [0.15, 0.2) is 60.8 Å². The van der Waals surface area contributed by atoms with E-state index in [0.29, 0.717) is 0 Å². The minimum Gasteiger partial charge on any atom is -0.345 e. The van der Waals surface area contributed by atoms with Crippen LogP contribution in [0.2, 0.25) is 5.02 Å². The fraction of sp³-hybridized carbons (Fsp3) is 0.176. The van der Waals surface area contributed by atoms with Crippen LogP contribution in [0.3, 0.4) is 0 Å². The normalized spacial score (nSPS) is 11.1. The summed E-state index contributed by atoms with van der Waals surface area (Å²) in [5.41, 5.74) is 2.43. The number of rotatable bonds is 5. The molecule has 0 amide bonds. The largest absolute Gasteiger partial charge is 0.345 e. The van der Waals surface area contributed by atoms with Gasteiger partial charge >= 0.3 is 0 Å². The Balaban J connectivity index is 1.60. The van der Waals surface area contributed by atoms with Gasteiger partial charge in [0.05, 0.1) is 10.5 Å². The standard InChI is InChI=1S/C17H17ClN2/c18-16-8-4-7-15-9-11-20(17(15)16)12-10-19-13-14-5-2-1-3-6-14/h1-9,11,19H,10,12-13H2. The second kappa shape index (κ2) is 6.12. The summed E-state index contributed by atoms with van der Waals surface area (Å²) in [6.07, 6.45) is 2.10. The maximum atomic E-state index is 6.27. The number of halogens is 1. The van der Waals surface area contributed by atoms with Crippen LogP contribution in [0.4, 0.5) is 0 Å². The Kier molecular flexibility index (Phi) is 4.05. The number of hydrogen-bond donors (Lipinski definition) is 1. The van der Waals surface area contributed by atoms with Gasteiger partial charge in [-0.15, -0.1) is 0 Å². The summed E-state index contributed by atoms with van der Waals surface area (Å²) >= 11 is 6.27. The van der Waals surface area contributed by atoms with Gasteiger partial charge in [-0.1, -0.05) is 54.1 Å². The molecule has 0 unspecified atom stereocenters. The summed E-state index contributed by atoms with van der Waals surface area (Å²) in [5, 5.41) is 5.47. The summed E-state index contributed by atoms with van der Waals surface area (Å²) in [5.74, 6) is 0. The van der Waals surface area contributed by atoms with Crippen LogP contribution in [0.25, 0.3) is 10.9 Å². The van der Waals surface area contributed by atoms with Crippen molar-refractivity contribution in [2.75, 3.05) is 6.54 Å². The Bertz CT molecular complexity index is 689. The van der Waals surface area contributed by atoms with Crippen molar-refractivity contribution >= 4 is 22.5 Å². The highest BCUT2D eigenvalue weighted by atomic mass is 35.5. The van der Waals surface area contributed by atoms with Gasteiger partial charge in [0, 0.05) is 31.2 Å². The molecule has 2 nitrogen and oxygen atoms in total. The molecule has 2 aromatic carbocycles. The van der Waals surface area contributed by atoms with Crippen LogP contribution < -0.4 is 5.32 Å². The number of nitrogens with one attached hydrogen (secondary N) is 1. The third kappa shape index (κ3) is 2.87. The first kappa shape index (κ1) is 13.2. The Labute approximate surface area is 124 Å². The Morgan fingerprint density at radius 1 is 0.950 bits per heavy atom. The predicted molar refractivity (Wildman–Crippen MR) is 85.1 cm³/mol. The van der Waals surface area contributed by atoms with E-state index in [1.165, 1.54) is 10.9 Å². The van der Waals surface area contributed by atoms with Crippen LogP contribution in [-0.4, -0.2) is 11.1 Å². The fourth-order valence-electron chi connectivity index (χ4n) is 2.43. The van der Waals surface area contributed by atoms with Gasteiger partial charge in [0.25, 0.3) is 0 Å². The molecule has 0 atom stereocenters. The molecule has 0 aliphatic rings. The average Bonchev–Trinajstić information content (AvgIpc) is 2.89. The third-order valence-electron chi connectivity index (χ3n) is 3.44. The Hall–Kier alpha value is -1.77. The van der Waals surface area contributed by atoms with Gasteiger partial charge in [0.2, 0.25) is 0 Å². The molecule has 0 saturated carbocycles. The molecule has 0 aliphatic heterocycles. The van der Waals surface area contributed by atoms with Crippen molar-refractivity contribution in [1.29, 1.82) is 0 Å². The first-order valence-corrected chi connectivity index (χ1v) is 7.20. The van der Waals surface area contributed by atoms with Crippen molar-refractivity contribution in [2.45, 2.75) is 13.1 Å². The average molecular weight is 285 g/mol. The van der Waals surface area contributed by atoms with Gasteiger partial charge in [-0.3, -0.25) is 0 Å². The highest BCUT2D eigenvalue weighted by Crippen LogP contribution is 2.24. The molecular formula is C17H17ClN2. The van der Waals surface area contributed by atoms with Crippen molar-refractivity contribution in [2.24, 2.45) is 0 Å². The molecule has 1 heterocycles. The molecule has 3 aromatic rings. The van der Waals surface area contributed by atoms with Gasteiger partial charge < -0.3 is 9.88 Å². The summed E-state index contributed by atoms with van der Waals surface area (Å²) < 4.78 is 2.20. The van der Waals surface area contributed by atoms with Crippen molar-refractivity contribution < 1.29 is 0 Å². The monoisotopic (exact) mass is 284 g/mol. The van der Waals surface area contributed by atoms with Gasteiger partial charge in [0.15, 0.2) is 0 Å². The van der Waals surface area contributed by atoms with Crippen molar-refractivity contribution in [1.82, 2.24) is 9.88 Å². The van der Waals surface area contributed by atoms with Crippen LogP contribution in [0.5, 0.6) is 0 Å². The lowest BCUT2D eigenvalue weighted by atomic mass is 10.2. The molecule has 20 heavy (non-hydrogen) atoms. The van der Waals surface area contributed by atoms with Crippen LogP contribution >= 0.6 is 11.6 Å². The highest BCUT2D eigenvalue weighted by molar-refractivity contribution is 6.35. The molecule has 1 N–H and O–H groups in total.